The van der Waals surface area contributed by atoms with Crippen LogP contribution in [0.5, 0.6) is 5.75 Å². The van der Waals surface area contributed by atoms with Gasteiger partial charge in [0.25, 0.3) is 0 Å². The number of aromatic hydroxyl groups is 1. The molecule has 0 bridgehead atoms. The minimum absolute atomic E-state index is 0.0663. The van der Waals surface area contributed by atoms with E-state index in [0.29, 0.717) is 18.7 Å². The number of fused-ring (bicyclic) bond motifs is 1. The zero-order chi connectivity index (χ0) is 26.3. The Kier molecular flexibility index (Phi) is 9.26. The molecular formula is C28H35FN4O3S. The highest BCUT2D eigenvalue weighted by atomic mass is 32.2. The molecule has 1 heterocycles. The molecule has 37 heavy (non-hydrogen) atoms. The molecule has 1 aliphatic carbocycles. The van der Waals surface area contributed by atoms with Crippen molar-refractivity contribution in [3.05, 3.63) is 89.5 Å². The number of phenolic OH excluding ortho intramolecular Hbond substituents is 1. The Morgan fingerprint density at radius 2 is 1.97 bits per heavy atom. The maximum atomic E-state index is 13.8. The SMILES string of the molecule is NC(CCCCNS(=O)(=O)c1ccccc1F)CNC1CCc2cc(O)ccc2C1Cc1cccnc1. The quantitative estimate of drug-likeness (QED) is 0.268. The minimum atomic E-state index is -3.86. The van der Waals surface area contributed by atoms with Crippen LogP contribution in [0, 0.1) is 5.82 Å². The van der Waals surface area contributed by atoms with Crippen molar-refractivity contribution < 1.29 is 17.9 Å². The van der Waals surface area contributed by atoms with Gasteiger partial charge in [0, 0.05) is 43.5 Å². The molecule has 3 atom stereocenters. The fourth-order valence-corrected chi connectivity index (χ4v) is 6.20. The predicted octanol–water partition coefficient (Wildman–Crippen LogP) is 3.63. The third kappa shape index (κ3) is 7.35. The average Bonchev–Trinajstić information content (AvgIpc) is 2.88. The molecule has 1 aliphatic rings. The zero-order valence-electron chi connectivity index (χ0n) is 20.8. The topological polar surface area (TPSA) is 117 Å². The van der Waals surface area contributed by atoms with Gasteiger partial charge in [-0.15, -0.1) is 0 Å². The predicted molar refractivity (Wildman–Crippen MR) is 142 cm³/mol. The van der Waals surface area contributed by atoms with E-state index in [1.54, 1.807) is 12.3 Å². The lowest BCUT2D eigenvalue weighted by Crippen LogP contribution is -2.44. The highest BCUT2D eigenvalue weighted by molar-refractivity contribution is 7.89. The van der Waals surface area contributed by atoms with Gasteiger partial charge in [0.15, 0.2) is 0 Å². The van der Waals surface area contributed by atoms with Crippen LogP contribution in [0.2, 0.25) is 0 Å². The lowest BCUT2D eigenvalue weighted by molar-refractivity contribution is 0.366. The van der Waals surface area contributed by atoms with Crippen LogP contribution in [0.25, 0.3) is 0 Å². The number of pyridine rings is 1. The van der Waals surface area contributed by atoms with Gasteiger partial charge in [-0.1, -0.05) is 30.7 Å². The molecule has 7 nitrogen and oxygen atoms in total. The molecule has 1 aromatic heterocycles. The number of aromatic nitrogens is 1. The number of halogens is 1. The molecule has 0 aliphatic heterocycles. The van der Waals surface area contributed by atoms with Crippen molar-refractivity contribution in [3.8, 4) is 5.75 Å². The van der Waals surface area contributed by atoms with Gasteiger partial charge in [0.1, 0.15) is 16.5 Å². The minimum Gasteiger partial charge on any atom is -0.508 e. The highest BCUT2D eigenvalue weighted by Gasteiger charge is 2.30. The first-order valence-corrected chi connectivity index (χ1v) is 14.3. The fourth-order valence-electron chi connectivity index (χ4n) is 5.05. The number of sulfonamides is 1. The van der Waals surface area contributed by atoms with Crippen LogP contribution in [0.15, 0.2) is 71.9 Å². The van der Waals surface area contributed by atoms with Crippen molar-refractivity contribution in [3.63, 3.8) is 0 Å². The number of nitrogens with one attached hydrogen (secondary N) is 2. The fraction of sp³-hybridized carbons (Fsp3) is 0.393. The molecular weight excluding hydrogens is 491 g/mol. The summed E-state index contributed by atoms with van der Waals surface area (Å²) in [5, 5.41) is 13.6. The van der Waals surface area contributed by atoms with E-state index in [2.05, 4.69) is 21.1 Å². The van der Waals surface area contributed by atoms with E-state index in [1.807, 2.05) is 24.4 Å². The van der Waals surface area contributed by atoms with Gasteiger partial charge < -0.3 is 16.2 Å². The Bertz CT molecular complexity index is 1270. The van der Waals surface area contributed by atoms with Crippen LogP contribution in [0.1, 0.15) is 48.3 Å². The summed E-state index contributed by atoms with van der Waals surface area (Å²) in [5.74, 6) is -0.218. The number of hydrogen-bond donors (Lipinski definition) is 4. The molecule has 3 unspecified atom stereocenters. The van der Waals surface area contributed by atoms with Gasteiger partial charge >= 0.3 is 0 Å². The number of nitrogens with zero attached hydrogens (tertiary/aromatic N) is 1. The van der Waals surface area contributed by atoms with E-state index in [-0.39, 0.29) is 29.4 Å². The Morgan fingerprint density at radius 3 is 2.76 bits per heavy atom. The summed E-state index contributed by atoms with van der Waals surface area (Å²) in [6.45, 7) is 0.888. The molecule has 3 aromatic rings. The summed E-state index contributed by atoms with van der Waals surface area (Å²) in [7, 11) is -3.86. The van der Waals surface area contributed by atoms with Crippen LogP contribution < -0.4 is 15.8 Å². The van der Waals surface area contributed by atoms with Crippen LogP contribution in [0.3, 0.4) is 0 Å². The smallest absolute Gasteiger partial charge is 0.243 e. The number of aryl methyl sites for hydroxylation is 1. The van der Waals surface area contributed by atoms with Crippen molar-refractivity contribution in [2.24, 2.45) is 5.73 Å². The van der Waals surface area contributed by atoms with Gasteiger partial charge in [-0.25, -0.2) is 17.5 Å². The second-order valence-electron chi connectivity index (χ2n) is 9.69. The van der Waals surface area contributed by atoms with E-state index < -0.39 is 15.8 Å². The standard InChI is InChI=1S/C28H35FN4O3S/c29-26-8-1-2-9-28(26)37(35,36)33-15-4-3-7-22(30)19-32-27-13-10-21-17-23(34)11-12-24(21)25(27)16-20-6-5-14-31-18-20/h1-2,5-6,8-9,11-12,14,17-18,22,25,27,32-34H,3-4,7,10,13,15-16,19,30H2. The number of nitrogens with two attached hydrogens (primary N) is 1. The second kappa shape index (κ2) is 12.6. The van der Waals surface area contributed by atoms with Crippen LogP contribution in [-0.4, -0.2) is 43.7 Å². The largest absolute Gasteiger partial charge is 0.508 e. The molecule has 2 aromatic carbocycles. The van der Waals surface area contributed by atoms with Gasteiger partial charge in [-0.3, -0.25) is 4.98 Å². The molecule has 4 rings (SSSR count). The van der Waals surface area contributed by atoms with Crippen molar-refractivity contribution in [2.75, 3.05) is 13.1 Å². The summed E-state index contributed by atoms with van der Waals surface area (Å²) in [6.07, 6.45) is 8.49. The average molecular weight is 527 g/mol. The summed E-state index contributed by atoms with van der Waals surface area (Å²) >= 11 is 0. The lowest BCUT2D eigenvalue weighted by atomic mass is 9.76. The van der Waals surface area contributed by atoms with Gasteiger partial charge in [-0.05, 0) is 79.1 Å². The van der Waals surface area contributed by atoms with E-state index in [1.165, 1.54) is 34.9 Å². The highest BCUT2D eigenvalue weighted by Crippen LogP contribution is 2.36. The Hall–Kier alpha value is -2.85. The number of rotatable bonds is 12. The molecule has 0 saturated heterocycles. The first kappa shape index (κ1) is 27.2. The lowest BCUT2D eigenvalue weighted by Gasteiger charge is -2.35. The molecule has 198 valence electrons. The van der Waals surface area contributed by atoms with E-state index >= 15 is 0 Å². The molecule has 0 saturated carbocycles. The molecule has 0 fully saturated rings. The molecule has 9 heteroatoms. The first-order chi connectivity index (χ1) is 17.8. The molecule has 0 spiro atoms. The van der Waals surface area contributed by atoms with E-state index in [0.717, 1.165) is 38.2 Å². The van der Waals surface area contributed by atoms with Crippen molar-refractivity contribution in [1.29, 1.82) is 0 Å². The van der Waals surface area contributed by atoms with Gasteiger partial charge in [0.2, 0.25) is 10.0 Å². The summed E-state index contributed by atoms with van der Waals surface area (Å²) in [5.41, 5.74) is 10.00. The summed E-state index contributed by atoms with van der Waals surface area (Å²) < 4.78 is 40.8. The Balaban J connectivity index is 1.26. The third-order valence-electron chi connectivity index (χ3n) is 6.98. The Morgan fingerprint density at radius 1 is 1.14 bits per heavy atom. The normalized spacial score (nSPS) is 18.3. The van der Waals surface area contributed by atoms with Crippen LogP contribution in [0.4, 0.5) is 4.39 Å². The van der Waals surface area contributed by atoms with Crippen molar-refractivity contribution in [1.82, 2.24) is 15.0 Å². The second-order valence-corrected chi connectivity index (χ2v) is 11.4. The van der Waals surface area contributed by atoms with Crippen molar-refractivity contribution >= 4 is 10.0 Å². The Labute approximate surface area is 218 Å². The monoisotopic (exact) mass is 526 g/mol. The maximum Gasteiger partial charge on any atom is 0.243 e. The number of benzene rings is 2. The van der Waals surface area contributed by atoms with Crippen LogP contribution in [-0.2, 0) is 22.9 Å². The summed E-state index contributed by atoms with van der Waals surface area (Å²) in [6, 6.07) is 15.2. The molecule has 5 N–H and O–H groups in total. The first-order valence-electron chi connectivity index (χ1n) is 12.8. The van der Waals surface area contributed by atoms with Crippen LogP contribution >= 0.6 is 0 Å². The zero-order valence-corrected chi connectivity index (χ0v) is 21.6. The number of hydrogen-bond acceptors (Lipinski definition) is 6. The molecule has 0 radical (unpaired) electrons. The third-order valence-corrected chi connectivity index (χ3v) is 8.47. The number of unbranched alkanes of at least 4 members (excludes halogenated alkanes) is 1. The maximum absolute atomic E-state index is 13.8. The summed E-state index contributed by atoms with van der Waals surface area (Å²) in [4.78, 5) is 3.93. The van der Waals surface area contributed by atoms with Gasteiger partial charge in [0.05, 0.1) is 0 Å². The van der Waals surface area contributed by atoms with Gasteiger partial charge in [-0.2, -0.15) is 0 Å². The van der Waals surface area contributed by atoms with Crippen molar-refractivity contribution in [2.45, 2.75) is 61.4 Å². The number of phenols is 1. The van der Waals surface area contributed by atoms with E-state index in [4.69, 9.17) is 5.73 Å². The molecule has 0 amide bonds. The van der Waals surface area contributed by atoms with E-state index in [9.17, 15) is 17.9 Å².